The summed E-state index contributed by atoms with van der Waals surface area (Å²) in [5, 5.41) is 10.9. The van der Waals surface area contributed by atoms with Crippen molar-refractivity contribution in [3.05, 3.63) is 224 Å². The molecule has 370 valence electrons. The fourth-order valence-electron chi connectivity index (χ4n) is 16.3. The highest BCUT2D eigenvalue weighted by atomic mass is 15.0. The number of pyridine rings is 2. The summed E-state index contributed by atoms with van der Waals surface area (Å²) in [7, 11) is 0. The molecule has 76 heavy (non-hydrogen) atoms. The number of hydrogen-bond donors (Lipinski definition) is 0. The van der Waals surface area contributed by atoms with E-state index in [0.717, 1.165) is 0 Å². The van der Waals surface area contributed by atoms with Gasteiger partial charge in [-0.15, -0.1) is 0 Å². The number of aromatic nitrogens is 4. The van der Waals surface area contributed by atoms with Crippen molar-refractivity contribution in [2.24, 2.45) is 0 Å². The van der Waals surface area contributed by atoms with E-state index >= 15 is 0 Å². The summed E-state index contributed by atoms with van der Waals surface area (Å²) in [6, 6.07) is 38.1. The van der Waals surface area contributed by atoms with Gasteiger partial charge in [-0.05, 0) is 106 Å². The average molecular weight is 983 g/mol. The Morgan fingerprint density at radius 3 is 1.42 bits per heavy atom. The van der Waals surface area contributed by atoms with Crippen molar-refractivity contribution >= 4 is 76.2 Å². The van der Waals surface area contributed by atoms with Gasteiger partial charge in [0.1, 0.15) is 0 Å². The van der Waals surface area contributed by atoms with Gasteiger partial charge in [0, 0.05) is 54.9 Å². The van der Waals surface area contributed by atoms with Gasteiger partial charge in [0.2, 0.25) is 0 Å². The zero-order valence-electron chi connectivity index (χ0n) is 45.8. The van der Waals surface area contributed by atoms with E-state index in [2.05, 4.69) is 232 Å². The minimum Gasteiger partial charge on any atom is -0.306 e. The van der Waals surface area contributed by atoms with Gasteiger partial charge < -0.3 is 8.80 Å². The van der Waals surface area contributed by atoms with Gasteiger partial charge in [-0.2, -0.15) is 0 Å². The normalized spacial score (nSPS) is 20.5. The van der Waals surface area contributed by atoms with E-state index in [-0.39, 0.29) is 39.4 Å². The first-order valence-corrected chi connectivity index (χ1v) is 27.9. The van der Waals surface area contributed by atoms with Crippen molar-refractivity contribution in [1.82, 2.24) is 18.8 Å². The predicted octanol–water partition coefficient (Wildman–Crippen LogP) is 17.8. The van der Waals surface area contributed by atoms with Crippen LogP contribution in [-0.2, 0) is 27.1 Å². The van der Waals surface area contributed by atoms with E-state index in [4.69, 9.17) is 9.97 Å². The first-order chi connectivity index (χ1) is 36.3. The summed E-state index contributed by atoms with van der Waals surface area (Å²) in [4.78, 5) is 11.4. The van der Waals surface area contributed by atoms with Gasteiger partial charge in [-0.25, -0.2) is 0 Å². The van der Waals surface area contributed by atoms with Crippen LogP contribution in [0.4, 0.5) is 0 Å². The molecule has 0 saturated carbocycles. The molecule has 6 aromatic carbocycles. The molecule has 6 aromatic heterocycles. The smallest absolute Gasteiger partial charge is 0.0750 e. The van der Waals surface area contributed by atoms with Crippen molar-refractivity contribution in [2.45, 2.75) is 128 Å². The molecule has 0 amide bonds. The van der Waals surface area contributed by atoms with Gasteiger partial charge in [0.05, 0.1) is 68.2 Å². The quantitative estimate of drug-likeness (QED) is 0.152. The Labute approximate surface area is 444 Å². The Kier molecular flexibility index (Phi) is 7.66. The Morgan fingerprint density at radius 2 is 0.895 bits per heavy atom. The predicted molar refractivity (Wildman–Crippen MR) is 316 cm³/mol. The summed E-state index contributed by atoms with van der Waals surface area (Å²) in [6.45, 7) is 29.1. The lowest BCUT2D eigenvalue weighted by atomic mass is 9.58. The molecule has 0 aliphatic heterocycles. The fraction of sp³-hybridized carbons (Fsp3) is 0.278. The second-order valence-electron chi connectivity index (χ2n) is 27.7. The van der Waals surface area contributed by atoms with Crippen LogP contribution in [0.25, 0.3) is 76.2 Å². The SMILES string of the molecule is CC(C)(C)c1cc(C(C)(C)C)c2c3c4c(ncc3n3c5cc6c7c(C(C)(C)C)cc(C(C)(C)C)c8c9c%10c(ncc9n(c6cc5c1c23)c78)C1c2ccccc2C%10c2ccccc21)C12C=CC=CC(=C1)C4c1ccccc12. The Bertz CT molecular complexity index is 4750. The second kappa shape index (κ2) is 13.3. The van der Waals surface area contributed by atoms with Crippen LogP contribution >= 0.6 is 0 Å². The number of rotatable bonds is 0. The largest absolute Gasteiger partial charge is 0.306 e. The van der Waals surface area contributed by atoms with E-state index in [1.54, 1.807) is 0 Å². The van der Waals surface area contributed by atoms with Crippen molar-refractivity contribution in [3.63, 3.8) is 0 Å². The van der Waals surface area contributed by atoms with E-state index < -0.39 is 5.41 Å². The molecular weight excluding hydrogens is 921 g/mol. The van der Waals surface area contributed by atoms with Gasteiger partial charge >= 0.3 is 0 Å². The van der Waals surface area contributed by atoms with Crippen molar-refractivity contribution in [1.29, 1.82) is 0 Å². The van der Waals surface area contributed by atoms with Crippen LogP contribution in [0.15, 0.2) is 145 Å². The van der Waals surface area contributed by atoms with Crippen LogP contribution in [-0.4, -0.2) is 18.8 Å². The third kappa shape index (κ3) is 4.92. The number of hydrogen-bond acceptors (Lipinski definition) is 2. The molecule has 12 aromatic rings. The molecule has 0 fully saturated rings. The second-order valence-corrected chi connectivity index (χ2v) is 27.7. The third-order valence-electron chi connectivity index (χ3n) is 19.3. The molecule has 4 nitrogen and oxygen atoms in total. The van der Waals surface area contributed by atoms with Crippen LogP contribution in [0.1, 0.15) is 179 Å². The maximum absolute atomic E-state index is 5.71. The first-order valence-electron chi connectivity index (χ1n) is 27.9. The van der Waals surface area contributed by atoms with Gasteiger partial charge in [-0.1, -0.05) is 198 Å². The van der Waals surface area contributed by atoms with Gasteiger partial charge in [-0.3, -0.25) is 9.97 Å². The maximum Gasteiger partial charge on any atom is 0.0750 e. The molecule has 2 atom stereocenters. The van der Waals surface area contributed by atoms with E-state index in [1.807, 2.05) is 0 Å². The molecule has 6 heterocycles. The standard InChI is InChI=1S/C72H62N4/c1-68(2,3)45-31-47(70(7,8)9)58-60-51(34-73-64-55-39-24-15-13-22-37(39)54(62(60)64)38-23-14-16-25-40(38)55)75-49-29-43-50(30-42(49)56(45)65(58)75)76-52-35-74-67-63(53-36-21-19-20-28-72(67,33-36)44-27-18-17-26-41(44)53)61(52)59-48(71(10,11)12)32-46(69(4,5)6)57(43)66(59)76/h13-35,53-55H,1-12H3. The average Bonchev–Trinajstić information content (AvgIpc) is 4.18. The van der Waals surface area contributed by atoms with Gasteiger partial charge in [0.25, 0.3) is 0 Å². The minimum absolute atomic E-state index is 0.0802. The third-order valence-corrected chi connectivity index (χ3v) is 19.3. The van der Waals surface area contributed by atoms with Crippen LogP contribution in [0.5, 0.6) is 0 Å². The molecule has 0 radical (unpaired) electrons. The number of fused-ring (bicyclic) bond motifs is 12. The molecule has 2 unspecified atom stereocenters. The fourth-order valence-corrected chi connectivity index (χ4v) is 16.3. The molecule has 1 spiro atoms. The highest BCUT2D eigenvalue weighted by molar-refractivity contribution is 6.32. The Balaban J connectivity index is 1.08. The zero-order chi connectivity index (χ0) is 51.8. The topological polar surface area (TPSA) is 34.6 Å². The lowest BCUT2D eigenvalue weighted by molar-refractivity contribution is 0.576. The van der Waals surface area contributed by atoms with Gasteiger partial charge in [0.15, 0.2) is 0 Å². The molecule has 7 aliphatic carbocycles. The first kappa shape index (κ1) is 43.7. The van der Waals surface area contributed by atoms with E-state index in [9.17, 15) is 0 Å². The summed E-state index contributed by atoms with van der Waals surface area (Å²) < 4.78 is 5.36. The summed E-state index contributed by atoms with van der Waals surface area (Å²) in [6.07, 6.45) is 16.3. The lowest BCUT2D eigenvalue weighted by Gasteiger charge is -2.45. The number of nitrogens with zero attached hydrogens (tertiary/aromatic N) is 4. The molecule has 19 rings (SSSR count). The summed E-state index contributed by atoms with van der Waals surface area (Å²) in [5.41, 5.74) is 27.2. The molecule has 4 heteroatoms. The van der Waals surface area contributed by atoms with Crippen LogP contribution in [0.3, 0.4) is 0 Å². The molecule has 7 aliphatic rings. The van der Waals surface area contributed by atoms with Crippen molar-refractivity contribution in [2.75, 3.05) is 0 Å². The highest BCUT2D eigenvalue weighted by Gasteiger charge is 2.50. The van der Waals surface area contributed by atoms with Crippen LogP contribution in [0.2, 0.25) is 0 Å². The number of allylic oxidation sites excluding steroid dienone is 6. The van der Waals surface area contributed by atoms with Crippen LogP contribution in [0, 0.1) is 0 Å². The van der Waals surface area contributed by atoms with Crippen molar-refractivity contribution in [3.8, 4) is 0 Å². The molecular formula is C72H62N4. The van der Waals surface area contributed by atoms with E-state index in [0.29, 0.717) is 0 Å². The number of benzene rings is 6. The lowest BCUT2D eigenvalue weighted by Crippen LogP contribution is -2.37. The monoisotopic (exact) mass is 982 g/mol. The Morgan fingerprint density at radius 1 is 0.434 bits per heavy atom. The zero-order valence-corrected chi connectivity index (χ0v) is 45.8. The molecule has 0 saturated heterocycles. The minimum atomic E-state index is -0.439. The summed E-state index contributed by atoms with van der Waals surface area (Å²) >= 11 is 0. The van der Waals surface area contributed by atoms with E-state index in [1.165, 1.54) is 160 Å². The van der Waals surface area contributed by atoms with Crippen LogP contribution < -0.4 is 0 Å². The molecule has 5 bridgehead atoms. The summed E-state index contributed by atoms with van der Waals surface area (Å²) in [5.74, 6) is 0.271. The Hall–Kier alpha value is -7.56. The molecule has 0 N–H and O–H groups in total. The maximum atomic E-state index is 5.71. The van der Waals surface area contributed by atoms with Crippen molar-refractivity contribution < 1.29 is 0 Å². The highest BCUT2D eigenvalue weighted by Crippen LogP contribution is 2.62.